The van der Waals surface area contributed by atoms with Crippen molar-refractivity contribution in [2.24, 2.45) is 0 Å². The monoisotopic (exact) mass is 524 g/mol. The molecule has 1 N–H and O–H groups in total. The van der Waals surface area contributed by atoms with E-state index in [9.17, 15) is 0 Å². The van der Waals surface area contributed by atoms with Crippen molar-refractivity contribution in [1.82, 2.24) is 0 Å². The summed E-state index contributed by atoms with van der Waals surface area (Å²) >= 11 is 0. The molecule has 0 amide bonds. The Balaban J connectivity index is 0. The summed E-state index contributed by atoms with van der Waals surface area (Å²) in [4.78, 5) is 8.16. The van der Waals surface area contributed by atoms with Crippen LogP contribution >= 0.6 is 0 Å². The van der Waals surface area contributed by atoms with Gasteiger partial charge in [-0.25, -0.2) is 0 Å². The molecule has 0 bridgehead atoms. The standard InChI is InChI=1S/C22H25.C2H7OSi.2ClH.Zr/c1-3-4-5-6-8-18-11-13-19(14-12-18)21-10-7-9-20-15-17(2)16-22(20)21;1-4(2)3;;;/h7,9-16H,3-6,8H2,1-2H3;3H,1-2H3;2*1H;/q-1;;;;+3/p-2. The molecule has 156 valence electrons. The molecule has 0 saturated heterocycles. The topological polar surface area (TPSA) is 20.2 Å². The first-order chi connectivity index (χ1) is 12.5. The van der Waals surface area contributed by atoms with E-state index in [1.54, 1.807) is 0 Å². The van der Waals surface area contributed by atoms with Gasteiger partial charge in [0.15, 0.2) is 9.04 Å². The largest absolute Gasteiger partial charge is 3.00 e. The zero-order valence-corrected chi connectivity index (χ0v) is 22.9. The van der Waals surface area contributed by atoms with Crippen molar-refractivity contribution >= 4 is 19.8 Å². The van der Waals surface area contributed by atoms with Crippen molar-refractivity contribution in [1.29, 1.82) is 0 Å². The number of rotatable bonds is 6. The molecule has 0 fully saturated rings. The normalized spacial score (nSPS) is 9.72. The number of fused-ring (bicyclic) bond motifs is 1. The van der Waals surface area contributed by atoms with Gasteiger partial charge in [0.25, 0.3) is 0 Å². The second kappa shape index (κ2) is 16.4. The molecule has 0 saturated carbocycles. The van der Waals surface area contributed by atoms with Gasteiger partial charge in [0.1, 0.15) is 0 Å². The molecule has 3 aromatic rings. The average Bonchev–Trinajstić information content (AvgIpc) is 2.99. The van der Waals surface area contributed by atoms with E-state index in [1.165, 1.54) is 65.1 Å². The minimum Gasteiger partial charge on any atom is -1.00 e. The fourth-order valence-electron chi connectivity index (χ4n) is 3.24. The fraction of sp³-hybridized carbons (Fsp3) is 0.375. The van der Waals surface area contributed by atoms with Crippen LogP contribution in [0.3, 0.4) is 0 Å². The SMILES string of the molecule is CCCCCCc1ccc(-c2cccc3[cH-]c(C)cc23)cc1.C[Si](C)O.[Cl-].[Cl-].[Zr+3]. The van der Waals surface area contributed by atoms with Crippen LogP contribution in [0.5, 0.6) is 0 Å². The first kappa shape index (κ1) is 30.9. The number of hydrogen-bond donors (Lipinski definition) is 1. The number of unbranched alkanes of at least 4 members (excludes halogenated alkanes) is 3. The molecule has 5 heteroatoms. The molecule has 3 rings (SSSR count). The molecule has 0 spiro atoms. The summed E-state index contributed by atoms with van der Waals surface area (Å²) in [6.07, 6.45) is 6.54. The van der Waals surface area contributed by atoms with E-state index in [0.717, 1.165) is 0 Å². The van der Waals surface area contributed by atoms with Gasteiger partial charge in [-0.05, 0) is 37.1 Å². The summed E-state index contributed by atoms with van der Waals surface area (Å²) in [5, 5.41) is 2.72. The molecule has 0 aliphatic heterocycles. The third-order valence-corrected chi connectivity index (χ3v) is 4.48. The van der Waals surface area contributed by atoms with Gasteiger partial charge >= 0.3 is 26.2 Å². The van der Waals surface area contributed by atoms with Crippen molar-refractivity contribution in [3.8, 4) is 11.1 Å². The average molecular weight is 527 g/mol. The van der Waals surface area contributed by atoms with E-state index in [2.05, 4.69) is 68.4 Å². The van der Waals surface area contributed by atoms with Crippen LogP contribution in [0, 0.1) is 6.92 Å². The van der Waals surface area contributed by atoms with Crippen molar-refractivity contribution in [2.45, 2.75) is 59.0 Å². The summed E-state index contributed by atoms with van der Waals surface area (Å²) in [5.74, 6) is 0. The number of hydrogen-bond acceptors (Lipinski definition) is 1. The predicted octanol–water partition coefficient (Wildman–Crippen LogP) is 0.892. The molecule has 3 aromatic carbocycles. The Hall–Kier alpha value is -0.310. The van der Waals surface area contributed by atoms with Crippen LogP contribution in [0.4, 0.5) is 0 Å². The molecular weight excluding hydrogens is 494 g/mol. The number of aryl methyl sites for hydroxylation is 2. The van der Waals surface area contributed by atoms with Gasteiger partial charge in [0.2, 0.25) is 0 Å². The molecule has 29 heavy (non-hydrogen) atoms. The van der Waals surface area contributed by atoms with Crippen LogP contribution in [0.25, 0.3) is 21.9 Å². The smallest absolute Gasteiger partial charge is 1.00 e. The maximum atomic E-state index is 8.16. The zero-order chi connectivity index (χ0) is 18.9. The summed E-state index contributed by atoms with van der Waals surface area (Å²) in [7, 11) is -0.880. The molecule has 0 heterocycles. The Morgan fingerprint density at radius 2 is 1.55 bits per heavy atom. The minimum atomic E-state index is -0.880. The van der Waals surface area contributed by atoms with E-state index in [-0.39, 0.29) is 51.0 Å². The van der Waals surface area contributed by atoms with Gasteiger partial charge in [0.05, 0.1) is 0 Å². The summed E-state index contributed by atoms with van der Waals surface area (Å²) in [6, 6.07) is 20.3. The summed E-state index contributed by atoms with van der Waals surface area (Å²) < 4.78 is 0. The third kappa shape index (κ3) is 10.5. The maximum absolute atomic E-state index is 8.16. The zero-order valence-electron chi connectivity index (χ0n) is 17.9. The molecular formula is C24H32Cl2OSiZr. The van der Waals surface area contributed by atoms with Crippen molar-refractivity contribution in [2.75, 3.05) is 0 Å². The Kier molecular flexibility index (Phi) is 17.5. The van der Waals surface area contributed by atoms with Crippen molar-refractivity contribution < 1.29 is 55.8 Å². The van der Waals surface area contributed by atoms with Crippen LogP contribution in [0.15, 0.2) is 54.6 Å². The van der Waals surface area contributed by atoms with Gasteiger partial charge in [-0.1, -0.05) is 69.0 Å². The number of halogens is 2. The van der Waals surface area contributed by atoms with Gasteiger partial charge in [-0.3, -0.25) is 0 Å². The molecule has 0 atom stereocenters. The van der Waals surface area contributed by atoms with Crippen LogP contribution in [-0.2, 0) is 32.6 Å². The Morgan fingerprint density at radius 1 is 0.931 bits per heavy atom. The van der Waals surface area contributed by atoms with Gasteiger partial charge in [0, 0.05) is 0 Å². The molecule has 0 aliphatic carbocycles. The van der Waals surface area contributed by atoms with Crippen LogP contribution in [0.2, 0.25) is 13.1 Å². The van der Waals surface area contributed by atoms with Crippen molar-refractivity contribution in [3.05, 3.63) is 65.7 Å². The van der Waals surface area contributed by atoms with E-state index < -0.39 is 9.04 Å². The van der Waals surface area contributed by atoms with E-state index in [1.807, 2.05) is 13.1 Å². The molecule has 0 unspecified atom stereocenters. The Bertz CT molecular complexity index is 797. The first-order valence-electron chi connectivity index (χ1n) is 9.75. The third-order valence-electron chi connectivity index (χ3n) is 4.48. The van der Waals surface area contributed by atoms with Crippen LogP contribution < -0.4 is 24.8 Å². The van der Waals surface area contributed by atoms with Crippen LogP contribution in [-0.4, -0.2) is 13.8 Å². The first-order valence-corrected chi connectivity index (χ1v) is 12.2. The predicted molar refractivity (Wildman–Crippen MR) is 117 cm³/mol. The summed E-state index contributed by atoms with van der Waals surface area (Å²) in [6.45, 7) is 8.08. The van der Waals surface area contributed by atoms with Gasteiger partial charge < -0.3 is 29.6 Å². The second-order valence-corrected chi connectivity index (χ2v) is 9.19. The molecule has 2 radical (unpaired) electrons. The van der Waals surface area contributed by atoms with Gasteiger partial charge in [-0.15, -0.1) is 34.5 Å². The van der Waals surface area contributed by atoms with E-state index in [0.29, 0.717) is 0 Å². The Morgan fingerprint density at radius 3 is 2.14 bits per heavy atom. The summed E-state index contributed by atoms with van der Waals surface area (Å²) in [5.41, 5.74) is 5.48. The molecule has 0 aromatic heterocycles. The van der Waals surface area contributed by atoms with Gasteiger partial charge in [-0.2, -0.15) is 6.07 Å². The maximum Gasteiger partial charge on any atom is 3.00 e. The van der Waals surface area contributed by atoms with E-state index in [4.69, 9.17) is 4.80 Å². The Labute approximate surface area is 210 Å². The minimum absolute atomic E-state index is 0. The fourth-order valence-corrected chi connectivity index (χ4v) is 3.24. The second-order valence-electron chi connectivity index (χ2n) is 7.30. The quantitative estimate of drug-likeness (QED) is 0.288. The molecule has 0 aliphatic rings. The molecule has 1 nitrogen and oxygen atoms in total. The van der Waals surface area contributed by atoms with Crippen LogP contribution in [0.1, 0.15) is 43.7 Å². The number of benzene rings is 2. The van der Waals surface area contributed by atoms with E-state index >= 15 is 0 Å². The van der Waals surface area contributed by atoms with Crippen molar-refractivity contribution in [3.63, 3.8) is 0 Å².